The standard InChI is InChI=1S/C31H28Cl2FN7O/c32-24-7-3-6-22(17-24)30(42)39-13-4-14-40(16-15-39)31-37-28(35-18-21-9-11-25(34)12-10-21)27-29(38-31)41(20-36-27)19-23-5-1-2-8-26(23)33/h1-3,5-12,17,20H,4,13-16,18-19H2,(H,35,37,38). The number of aromatic nitrogens is 4. The minimum atomic E-state index is -0.284. The van der Waals surface area contributed by atoms with E-state index < -0.39 is 0 Å². The lowest BCUT2D eigenvalue weighted by molar-refractivity contribution is 0.0767. The Kier molecular flexibility index (Phi) is 8.21. The van der Waals surface area contributed by atoms with E-state index in [2.05, 4.69) is 15.2 Å². The lowest BCUT2D eigenvalue weighted by Gasteiger charge is -2.23. The van der Waals surface area contributed by atoms with Gasteiger partial charge in [0.15, 0.2) is 17.0 Å². The first-order valence-corrected chi connectivity index (χ1v) is 14.4. The Morgan fingerprint density at radius 3 is 2.57 bits per heavy atom. The van der Waals surface area contributed by atoms with Crippen LogP contribution in [-0.4, -0.2) is 56.5 Å². The van der Waals surface area contributed by atoms with Crippen molar-refractivity contribution in [2.24, 2.45) is 0 Å². The van der Waals surface area contributed by atoms with Gasteiger partial charge in [-0.05, 0) is 53.9 Å². The number of halogens is 3. The summed E-state index contributed by atoms with van der Waals surface area (Å²) in [4.78, 5) is 31.6. The number of nitrogens with one attached hydrogen (secondary N) is 1. The lowest BCUT2D eigenvalue weighted by atomic mass is 10.2. The van der Waals surface area contributed by atoms with Crippen molar-refractivity contribution in [1.29, 1.82) is 0 Å². The molecule has 0 aliphatic carbocycles. The van der Waals surface area contributed by atoms with Gasteiger partial charge < -0.3 is 19.7 Å². The first-order chi connectivity index (χ1) is 20.4. The van der Waals surface area contributed by atoms with Crippen molar-refractivity contribution in [2.45, 2.75) is 19.5 Å². The third-order valence-electron chi connectivity index (χ3n) is 7.26. The van der Waals surface area contributed by atoms with Gasteiger partial charge in [0.05, 0.1) is 12.9 Å². The summed E-state index contributed by atoms with van der Waals surface area (Å²) in [6.07, 6.45) is 2.49. The summed E-state index contributed by atoms with van der Waals surface area (Å²) < 4.78 is 15.4. The van der Waals surface area contributed by atoms with Gasteiger partial charge in [0.1, 0.15) is 5.82 Å². The Morgan fingerprint density at radius 2 is 1.76 bits per heavy atom. The predicted octanol–water partition coefficient (Wildman–Crippen LogP) is 6.29. The Balaban J connectivity index is 1.29. The fraction of sp³-hybridized carbons (Fsp3) is 0.226. The molecule has 3 heterocycles. The molecule has 1 N–H and O–H groups in total. The maximum absolute atomic E-state index is 13.5. The van der Waals surface area contributed by atoms with E-state index in [4.69, 9.17) is 33.2 Å². The highest BCUT2D eigenvalue weighted by atomic mass is 35.5. The molecule has 0 spiro atoms. The number of hydrogen-bond donors (Lipinski definition) is 1. The third kappa shape index (κ3) is 6.17. The van der Waals surface area contributed by atoms with Crippen LogP contribution in [0.25, 0.3) is 11.2 Å². The molecule has 1 aliphatic rings. The molecule has 0 radical (unpaired) electrons. The van der Waals surface area contributed by atoms with E-state index in [-0.39, 0.29) is 11.7 Å². The van der Waals surface area contributed by atoms with Crippen LogP contribution >= 0.6 is 23.2 Å². The summed E-state index contributed by atoms with van der Waals surface area (Å²) >= 11 is 12.6. The summed E-state index contributed by atoms with van der Waals surface area (Å²) in [6.45, 7) is 3.31. The number of anilines is 2. The summed E-state index contributed by atoms with van der Waals surface area (Å²) in [6, 6.07) is 21.0. The van der Waals surface area contributed by atoms with Crippen LogP contribution in [0.3, 0.4) is 0 Å². The van der Waals surface area contributed by atoms with Gasteiger partial charge in [0.2, 0.25) is 5.95 Å². The first-order valence-electron chi connectivity index (χ1n) is 13.7. The molecule has 8 nitrogen and oxygen atoms in total. The zero-order chi connectivity index (χ0) is 29.1. The number of amides is 1. The van der Waals surface area contributed by atoms with E-state index in [0.717, 1.165) is 17.5 Å². The molecular weight excluding hydrogens is 576 g/mol. The summed E-state index contributed by atoms with van der Waals surface area (Å²) in [5, 5.41) is 4.58. The van der Waals surface area contributed by atoms with Crippen molar-refractivity contribution in [2.75, 3.05) is 36.4 Å². The number of hydrogen-bond acceptors (Lipinski definition) is 6. The zero-order valence-corrected chi connectivity index (χ0v) is 24.2. The predicted molar refractivity (Wildman–Crippen MR) is 164 cm³/mol. The van der Waals surface area contributed by atoms with Crippen LogP contribution < -0.4 is 10.2 Å². The monoisotopic (exact) mass is 603 g/mol. The Morgan fingerprint density at radius 1 is 0.929 bits per heavy atom. The van der Waals surface area contributed by atoms with Crippen molar-refractivity contribution in [3.05, 3.63) is 112 Å². The maximum atomic E-state index is 13.5. The van der Waals surface area contributed by atoms with Crippen LogP contribution in [0.1, 0.15) is 27.9 Å². The van der Waals surface area contributed by atoms with Gasteiger partial charge in [-0.15, -0.1) is 0 Å². The van der Waals surface area contributed by atoms with Crippen molar-refractivity contribution in [3.8, 4) is 0 Å². The van der Waals surface area contributed by atoms with Gasteiger partial charge in [0.25, 0.3) is 5.91 Å². The number of carbonyl (C=O) groups is 1. The van der Waals surface area contributed by atoms with E-state index in [9.17, 15) is 9.18 Å². The molecule has 214 valence electrons. The van der Waals surface area contributed by atoms with Crippen LogP contribution in [0.15, 0.2) is 79.1 Å². The van der Waals surface area contributed by atoms with Crippen molar-refractivity contribution >= 4 is 52.0 Å². The van der Waals surface area contributed by atoms with E-state index >= 15 is 0 Å². The summed E-state index contributed by atoms with van der Waals surface area (Å²) in [7, 11) is 0. The number of rotatable bonds is 7. The Hall–Kier alpha value is -4.21. The van der Waals surface area contributed by atoms with Gasteiger partial charge in [-0.3, -0.25) is 4.79 Å². The lowest BCUT2D eigenvalue weighted by Crippen LogP contribution is -2.35. The van der Waals surface area contributed by atoms with Crippen molar-refractivity contribution < 1.29 is 9.18 Å². The normalized spacial score (nSPS) is 13.8. The SMILES string of the molecule is O=C(c1cccc(Cl)c1)N1CCCN(c2nc(NCc3ccc(F)cc3)c3ncn(Cc4ccccc4Cl)c3n2)CC1. The van der Waals surface area contributed by atoms with Crippen LogP contribution in [0, 0.1) is 5.82 Å². The molecule has 1 aliphatic heterocycles. The second kappa shape index (κ2) is 12.3. The maximum Gasteiger partial charge on any atom is 0.253 e. The minimum absolute atomic E-state index is 0.0461. The first kappa shape index (κ1) is 27.9. The fourth-order valence-electron chi connectivity index (χ4n) is 5.04. The molecule has 42 heavy (non-hydrogen) atoms. The van der Waals surface area contributed by atoms with Crippen LogP contribution in [0.2, 0.25) is 10.0 Å². The largest absolute Gasteiger partial charge is 0.364 e. The second-order valence-corrected chi connectivity index (χ2v) is 11.0. The number of nitrogens with zero attached hydrogens (tertiary/aromatic N) is 6. The molecule has 6 rings (SSSR count). The average Bonchev–Trinajstić information content (AvgIpc) is 3.23. The van der Waals surface area contributed by atoms with Gasteiger partial charge in [0, 0.05) is 48.3 Å². The van der Waals surface area contributed by atoms with Gasteiger partial charge in [-0.2, -0.15) is 9.97 Å². The highest BCUT2D eigenvalue weighted by Crippen LogP contribution is 2.26. The molecule has 5 aromatic rings. The molecule has 3 aromatic carbocycles. The van der Waals surface area contributed by atoms with Gasteiger partial charge in [-0.25, -0.2) is 9.37 Å². The highest BCUT2D eigenvalue weighted by molar-refractivity contribution is 6.31. The zero-order valence-electron chi connectivity index (χ0n) is 22.7. The second-order valence-electron chi connectivity index (χ2n) is 10.1. The van der Waals surface area contributed by atoms with Crippen LogP contribution in [0.4, 0.5) is 16.2 Å². The van der Waals surface area contributed by atoms with E-state index in [1.807, 2.05) is 33.7 Å². The Bertz CT molecular complexity index is 1730. The molecule has 0 atom stereocenters. The molecule has 1 fully saturated rings. The molecule has 0 bridgehead atoms. The van der Waals surface area contributed by atoms with Gasteiger partial charge in [-0.1, -0.05) is 59.6 Å². The third-order valence-corrected chi connectivity index (χ3v) is 7.87. The molecule has 2 aromatic heterocycles. The van der Waals surface area contributed by atoms with E-state index in [1.165, 1.54) is 12.1 Å². The van der Waals surface area contributed by atoms with Crippen molar-refractivity contribution in [1.82, 2.24) is 24.4 Å². The topological polar surface area (TPSA) is 79.2 Å². The number of fused-ring (bicyclic) bond motifs is 1. The van der Waals surface area contributed by atoms with E-state index in [1.54, 1.807) is 42.7 Å². The van der Waals surface area contributed by atoms with Crippen molar-refractivity contribution in [3.63, 3.8) is 0 Å². The highest BCUT2D eigenvalue weighted by Gasteiger charge is 2.24. The molecule has 1 amide bonds. The van der Waals surface area contributed by atoms with E-state index in [0.29, 0.717) is 77.8 Å². The Labute approximate surface area is 252 Å². The molecule has 0 saturated carbocycles. The van der Waals surface area contributed by atoms with Gasteiger partial charge >= 0.3 is 0 Å². The number of carbonyl (C=O) groups excluding carboxylic acids is 1. The molecular formula is C31H28Cl2FN7O. The average molecular weight is 605 g/mol. The molecule has 1 saturated heterocycles. The smallest absolute Gasteiger partial charge is 0.253 e. The quantitative estimate of drug-likeness (QED) is 0.236. The van der Waals surface area contributed by atoms with Crippen LogP contribution in [0.5, 0.6) is 0 Å². The number of imidazole rings is 1. The van der Waals surface area contributed by atoms with Crippen LogP contribution in [-0.2, 0) is 13.1 Å². The minimum Gasteiger partial charge on any atom is -0.364 e. The fourth-order valence-corrected chi connectivity index (χ4v) is 5.42. The molecule has 0 unspecified atom stereocenters. The number of benzene rings is 3. The molecule has 11 heteroatoms. The summed E-state index contributed by atoms with van der Waals surface area (Å²) in [5.74, 6) is 0.790. The summed E-state index contributed by atoms with van der Waals surface area (Å²) in [5.41, 5.74) is 3.72.